The van der Waals surface area contributed by atoms with E-state index >= 15 is 0 Å². The fraction of sp³-hybridized carbons (Fsp3) is 0.115. The van der Waals surface area contributed by atoms with Gasteiger partial charge in [-0.05, 0) is 60.0 Å². The van der Waals surface area contributed by atoms with Crippen molar-refractivity contribution in [1.82, 2.24) is 9.97 Å². The Kier molecular flexibility index (Phi) is 5.34. The highest BCUT2D eigenvalue weighted by Gasteiger charge is 2.28. The van der Waals surface area contributed by atoms with Gasteiger partial charge in [-0.2, -0.15) is 0 Å². The van der Waals surface area contributed by atoms with Gasteiger partial charge in [-0.1, -0.05) is 36.4 Å². The normalized spacial score (nSPS) is 13.5. The topological polar surface area (TPSA) is 58.1 Å². The van der Waals surface area contributed by atoms with Crippen LogP contribution in [0, 0.1) is 5.82 Å². The summed E-state index contributed by atoms with van der Waals surface area (Å²) in [6, 6.07) is 22.9. The highest BCUT2D eigenvalue weighted by atomic mass is 19.1. The van der Waals surface area contributed by atoms with E-state index in [-0.39, 0.29) is 11.7 Å². The second kappa shape index (κ2) is 8.59. The Labute approximate surface area is 185 Å². The van der Waals surface area contributed by atoms with Crippen molar-refractivity contribution in [2.24, 2.45) is 0 Å². The molecule has 1 atom stereocenters. The number of benzene rings is 2. The molecule has 1 unspecified atom stereocenters. The highest BCUT2D eigenvalue weighted by molar-refractivity contribution is 6.10. The van der Waals surface area contributed by atoms with E-state index in [1.807, 2.05) is 48.5 Å². The molecule has 2 aromatic carbocycles. The Hall–Kier alpha value is -4.06. The lowest BCUT2D eigenvalue weighted by molar-refractivity contribution is 0.0990. The summed E-state index contributed by atoms with van der Waals surface area (Å²) in [5.41, 5.74) is 3.94. The number of pyridine rings is 2. The number of nitrogens with one attached hydrogen (secondary N) is 1. The number of hydrogen-bond donors (Lipinski definition) is 1. The van der Waals surface area contributed by atoms with Crippen molar-refractivity contribution in [2.75, 3.05) is 16.8 Å². The van der Waals surface area contributed by atoms with Crippen LogP contribution in [0.25, 0.3) is 0 Å². The SMILES string of the molecule is O=C(c1cccnc1NC(c1cccc(F)c1)c1ccccn1)N1CCc2ccccc21. The number of para-hydroxylation sites is 1. The highest BCUT2D eigenvalue weighted by Crippen LogP contribution is 2.31. The molecular weight excluding hydrogens is 403 g/mol. The van der Waals surface area contributed by atoms with Crippen LogP contribution in [0.4, 0.5) is 15.9 Å². The molecule has 5 rings (SSSR count). The first-order valence-electron chi connectivity index (χ1n) is 10.5. The molecule has 0 fully saturated rings. The first kappa shape index (κ1) is 19.9. The van der Waals surface area contributed by atoms with E-state index in [0.29, 0.717) is 29.2 Å². The summed E-state index contributed by atoms with van der Waals surface area (Å²) >= 11 is 0. The van der Waals surface area contributed by atoms with Gasteiger partial charge in [0.15, 0.2) is 0 Å². The van der Waals surface area contributed by atoms with Crippen molar-refractivity contribution in [3.63, 3.8) is 0 Å². The molecule has 0 bridgehead atoms. The predicted molar refractivity (Wildman–Crippen MR) is 122 cm³/mol. The summed E-state index contributed by atoms with van der Waals surface area (Å²) in [5.74, 6) is -0.0254. The van der Waals surface area contributed by atoms with E-state index in [1.54, 1.807) is 35.5 Å². The molecule has 1 aliphatic heterocycles. The van der Waals surface area contributed by atoms with Crippen LogP contribution < -0.4 is 10.2 Å². The number of carbonyl (C=O) groups is 1. The average Bonchev–Trinajstić information content (AvgIpc) is 3.27. The lowest BCUT2D eigenvalue weighted by Crippen LogP contribution is -2.30. The molecule has 1 amide bonds. The molecule has 0 saturated heterocycles. The Morgan fingerprint density at radius 3 is 2.62 bits per heavy atom. The molecule has 3 heterocycles. The van der Waals surface area contributed by atoms with Gasteiger partial charge in [-0.15, -0.1) is 0 Å². The summed E-state index contributed by atoms with van der Waals surface area (Å²) in [5, 5.41) is 3.35. The fourth-order valence-electron chi connectivity index (χ4n) is 4.09. The van der Waals surface area contributed by atoms with E-state index in [4.69, 9.17) is 0 Å². The summed E-state index contributed by atoms with van der Waals surface area (Å²) in [6.07, 6.45) is 4.15. The van der Waals surface area contributed by atoms with Gasteiger partial charge in [0, 0.05) is 24.6 Å². The van der Waals surface area contributed by atoms with E-state index in [2.05, 4.69) is 15.3 Å². The summed E-state index contributed by atoms with van der Waals surface area (Å²) < 4.78 is 14.0. The zero-order valence-electron chi connectivity index (χ0n) is 17.3. The number of aromatic nitrogens is 2. The van der Waals surface area contributed by atoms with Crippen molar-refractivity contribution < 1.29 is 9.18 Å². The Morgan fingerprint density at radius 2 is 1.78 bits per heavy atom. The van der Waals surface area contributed by atoms with E-state index < -0.39 is 6.04 Å². The van der Waals surface area contributed by atoms with Crippen molar-refractivity contribution >= 4 is 17.4 Å². The Morgan fingerprint density at radius 1 is 0.938 bits per heavy atom. The third-order valence-corrected chi connectivity index (χ3v) is 5.62. The number of rotatable bonds is 5. The largest absolute Gasteiger partial charge is 0.357 e. The molecule has 32 heavy (non-hydrogen) atoms. The third kappa shape index (κ3) is 3.83. The second-order valence-electron chi connectivity index (χ2n) is 7.62. The van der Waals surface area contributed by atoms with E-state index in [1.165, 1.54) is 12.1 Å². The zero-order chi connectivity index (χ0) is 21.9. The van der Waals surface area contributed by atoms with Gasteiger partial charge in [0.1, 0.15) is 11.6 Å². The van der Waals surface area contributed by atoms with Crippen LogP contribution in [0.1, 0.15) is 33.2 Å². The van der Waals surface area contributed by atoms with Crippen molar-refractivity contribution in [3.8, 4) is 0 Å². The van der Waals surface area contributed by atoms with Gasteiger partial charge in [0.25, 0.3) is 5.91 Å². The maximum Gasteiger partial charge on any atom is 0.262 e. The van der Waals surface area contributed by atoms with Crippen LogP contribution in [-0.2, 0) is 6.42 Å². The lowest BCUT2D eigenvalue weighted by Gasteiger charge is -2.23. The zero-order valence-corrected chi connectivity index (χ0v) is 17.3. The van der Waals surface area contributed by atoms with E-state index in [9.17, 15) is 9.18 Å². The molecule has 0 saturated carbocycles. The lowest BCUT2D eigenvalue weighted by atomic mass is 10.0. The van der Waals surface area contributed by atoms with Crippen LogP contribution in [0.3, 0.4) is 0 Å². The molecule has 2 aromatic heterocycles. The second-order valence-corrected chi connectivity index (χ2v) is 7.62. The number of amides is 1. The summed E-state index contributed by atoms with van der Waals surface area (Å²) in [6.45, 7) is 0.625. The van der Waals surface area contributed by atoms with Gasteiger partial charge in [-0.3, -0.25) is 9.78 Å². The number of anilines is 2. The molecule has 4 aromatic rings. The molecule has 158 valence electrons. The number of halogens is 1. The molecule has 0 aliphatic carbocycles. The molecular formula is C26H21FN4O. The Bertz CT molecular complexity index is 1260. The number of hydrogen-bond acceptors (Lipinski definition) is 4. The quantitative estimate of drug-likeness (QED) is 0.489. The maximum atomic E-state index is 14.0. The first-order chi connectivity index (χ1) is 15.7. The molecule has 0 spiro atoms. The van der Waals surface area contributed by atoms with Gasteiger partial charge in [-0.25, -0.2) is 9.37 Å². The molecule has 6 heteroatoms. The monoisotopic (exact) mass is 424 g/mol. The van der Waals surface area contributed by atoms with Crippen molar-refractivity contribution in [2.45, 2.75) is 12.5 Å². The predicted octanol–water partition coefficient (Wildman–Crippen LogP) is 5.02. The molecule has 1 aliphatic rings. The number of nitrogens with zero attached hydrogens (tertiary/aromatic N) is 3. The maximum absolute atomic E-state index is 14.0. The van der Waals surface area contributed by atoms with Crippen LogP contribution in [-0.4, -0.2) is 22.4 Å². The molecule has 5 nitrogen and oxygen atoms in total. The first-order valence-corrected chi connectivity index (χ1v) is 10.5. The fourth-order valence-corrected chi connectivity index (χ4v) is 4.09. The van der Waals surface area contributed by atoms with Crippen molar-refractivity contribution in [1.29, 1.82) is 0 Å². The third-order valence-electron chi connectivity index (χ3n) is 5.62. The van der Waals surface area contributed by atoms with E-state index in [0.717, 1.165) is 17.7 Å². The Balaban J connectivity index is 1.52. The van der Waals surface area contributed by atoms with Gasteiger partial charge in [0.05, 0.1) is 17.3 Å². The van der Waals surface area contributed by atoms with Crippen LogP contribution in [0.15, 0.2) is 91.3 Å². The van der Waals surface area contributed by atoms with Crippen molar-refractivity contribution in [3.05, 3.63) is 119 Å². The number of fused-ring (bicyclic) bond motifs is 1. The molecule has 1 N–H and O–H groups in total. The minimum atomic E-state index is -0.473. The molecule has 0 radical (unpaired) electrons. The van der Waals surface area contributed by atoms with Crippen LogP contribution in [0.2, 0.25) is 0 Å². The van der Waals surface area contributed by atoms with Gasteiger partial charge < -0.3 is 10.2 Å². The summed E-state index contributed by atoms with van der Waals surface area (Å²) in [4.78, 5) is 24.2. The van der Waals surface area contributed by atoms with Crippen LogP contribution >= 0.6 is 0 Å². The number of carbonyl (C=O) groups excluding carboxylic acids is 1. The minimum Gasteiger partial charge on any atom is -0.357 e. The minimum absolute atomic E-state index is 0.121. The summed E-state index contributed by atoms with van der Waals surface area (Å²) in [7, 11) is 0. The smallest absolute Gasteiger partial charge is 0.262 e. The standard InChI is InChI=1S/C26H21FN4O/c27-20-9-5-8-19(17-20)24(22-11-3-4-14-28-22)30-25-21(10-6-15-29-25)26(32)31-16-13-18-7-1-2-12-23(18)31/h1-12,14-15,17,24H,13,16H2,(H,29,30). The van der Waals surface area contributed by atoms with Crippen LogP contribution in [0.5, 0.6) is 0 Å². The van der Waals surface area contributed by atoms with Gasteiger partial charge >= 0.3 is 0 Å². The average molecular weight is 424 g/mol. The van der Waals surface area contributed by atoms with Gasteiger partial charge in [0.2, 0.25) is 0 Å².